The first kappa shape index (κ1) is 16.7. The van der Waals surface area contributed by atoms with E-state index in [0.29, 0.717) is 45.6 Å². The van der Waals surface area contributed by atoms with Crippen LogP contribution in [0.1, 0.15) is 23.2 Å². The molecule has 0 bridgehead atoms. The lowest BCUT2D eigenvalue weighted by Crippen LogP contribution is -2.50. The number of carbonyl (C=O) groups is 2. The van der Waals surface area contributed by atoms with Crippen LogP contribution in [0.25, 0.3) is 0 Å². The molecule has 1 aromatic rings. The number of carbonyl (C=O) groups excluding carboxylic acids is 2. The molecule has 0 spiro atoms. The fraction of sp³-hybridized carbons (Fsp3) is 0.467. The highest BCUT2D eigenvalue weighted by Gasteiger charge is 2.25. The molecular formula is C15H19ClFN3O2. The largest absolute Gasteiger partial charge is 0.339 e. The number of hydrogen-bond acceptors (Lipinski definition) is 3. The Morgan fingerprint density at radius 1 is 1.18 bits per heavy atom. The molecule has 5 nitrogen and oxygen atoms in total. The van der Waals surface area contributed by atoms with Crippen molar-refractivity contribution in [1.82, 2.24) is 9.80 Å². The molecule has 1 aromatic carbocycles. The van der Waals surface area contributed by atoms with Crippen LogP contribution < -0.4 is 5.73 Å². The Morgan fingerprint density at radius 3 is 2.41 bits per heavy atom. The molecule has 1 aliphatic heterocycles. The fourth-order valence-corrected chi connectivity index (χ4v) is 2.65. The lowest BCUT2D eigenvalue weighted by molar-refractivity contribution is -0.132. The van der Waals surface area contributed by atoms with Crippen molar-refractivity contribution in [3.63, 3.8) is 0 Å². The van der Waals surface area contributed by atoms with Crippen molar-refractivity contribution in [2.75, 3.05) is 32.7 Å². The van der Waals surface area contributed by atoms with E-state index in [0.717, 1.165) is 6.07 Å². The highest BCUT2D eigenvalue weighted by Crippen LogP contribution is 2.20. The van der Waals surface area contributed by atoms with Crippen molar-refractivity contribution in [1.29, 1.82) is 0 Å². The van der Waals surface area contributed by atoms with Crippen molar-refractivity contribution >= 4 is 23.4 Å². The predicted molar refractivity (Wildman–Crippen MR) is 82.2 cm³/mol. The SMILES string of the molecule is NCCCC(=O)N1CCN(C(=O)c2ccc(F)cc2Cl)CC1. The number of amides is 2. The summed E-state index contributed by atoms with van der Waals surface area (Å²) in [5.74, 6) is -0.645. The van der Waals surface area contributed by atoms with Crippen molar-refractivity contribution in [2.45, 2.75) is 12.8 Å². The normalized spacial score (nSPS) is 15.0. The van der Waals surface area contributed by atoms with E-state index in [2.05, 4.69) is 0 Å². The fourth-order valence-electron chi connectivity index (χ4n) is 2.40. The Hall–Kier alpha value is -1.66. The van der Waals surface area contributed by atoms with E-state index < -0.39 is 5.82 Å². The molecule has 1 saturated heterocycles. The number of nitrogens with two attached hydrogens (primary N) is 1. The van der Waals surface area contributed by atoms with Gasteiger partial charge in [-0.2, -0.15) is 0 Å². The van der Waals surface area contributed by atoms with Crippen LogP contribution in [0, 0.1) is 5.82 Å². The standard InChI is InChI=1S/C15H19ClFN3O2/c16-13-10-11(17)3-4-12(13)15(22)20-8-6-19(7-9-20)14(21)2-1-5-18/h3-4,10H,1-2,5-9,18H2. The molecule has 2 N–H and O–H groups in total. The predicted octanol–water partition coefficient (Wildman–Crippen LogP) is 1.50. The molecule has 0 radical (unpaired) electrons. The minimum atomic E-state index is -0.475. The van der Waals surface area contributed by atoms with E-state index in [-0.39, 0.29) is 22.4 Å². The lowest BCUT2D eigenvalue weighted by Gasteiger charge is -2.35. The average molecular weight is 328 g/mol. The highest BCUT2D eigenvalue weighted by atomic mass is 35.5. The quantitative estimate of drug-likeness (QED) is 0.911. The monoisotopic (exact) mass is 327 g/mol. The van der Waals surface area contributed by atoms with Gasteiger partial charge in [0.05, 0.1) is 10.6 Å². The van der Waals surface area contributed by atoms with Gasteiger partial charge in [-0.3, -0.25) is 9.59 Å². The zero-order valence-corrected chi connectivity index (χ0v) is 13.0. The van der Waals surface area contributed by atoms with Crippen LogP contribution in [0.5, 0.6) is 0 Å². The molecule has 2 rings (SSSR count). The van der Waals surface area contributed by atoms with Gasteiger partial charge in [0.1, 0.15) is 5.82 Å². The molecule has 0 atom stereocenters. The summed E-state index contributed by atoms with van der Waals surface area (Å²) in [4.78, 5) is 27.7. The molecule has 1 aliphatic rings. The van der Waals surface area contributed by atoms with Gasteiger partial charge in [0.25, 0.3) is 5.91 Å². The molecule has 2 amide bonds. The molecule has 1 fully saturated rings. The van der Waals surface area contributed by atoms with Gasteiger partial charge in [-0.15, -0.1) is 0 Å². The maximum atomic E-state index is 13.0. The van der Waals surface area contributed by atoms with E-state index >= 15 is 0 Å². The molecular weight excluding hydrogens is 309 g/mol. The van der Waals surface area contributed by atoms with Crippen LogP contribution in [0.3, 0.4) is 0 Å². The van der Waals surface area contributed by atoms with Crippen LogP contribution >= 0.6 is 11.6 Å². The first-order valence-electron chi connectivity index (χ1n) is 7.25. The molecule has 7 heteroatoms. The van der Waals surface area contributed by atoms with E-state index in [4.69, 9.17) is 17.3 Å². The summed E-state index contributed by atoms with van der Waals surface area (Å²) < 4.78 is 13.0. The first-order valence-corrected chi connectivity index (χ1v) is 7.63. The topological polar surface area (TPSA) is 66.6 Å². The average Bonchev–Trinajstić information content (AvgIpc) is 2.52. The van der Waals surface area contributed by atoms with Crippen LogP contribution in [0.2, 0.25) is 5.02 Å². The van der Waals surface area contributed by atoms with Gasteiger partial charge in [-0.1, -0.05) is 11.6 Å². The van der Waals surface area contributed by atoms with Gasteiger partial charge in [0, 0.05) is 32.6 Å². The third-order valence-electron chi connectivity index (χ3n) is 3.68. The second-order valence-electron chi connectivity index (χ2n) is 5.19. The zero-order chi connectivity index (χ0) is 16.1. The second-order valence-corrected chi connectivity index (χ2v) is 5.60. The number of piperazine rings is 1. The first-order chi connectivity index (χ1) is 10.5. The third-order valence-corrected chi connectivity index (χ3v) is 3.99. The third kappa shape index (κ3) is 3.96. The Morgan fingerprint density at radius 2 is 1.82 bits per heavy atom. The summed E-state index contributed by atoms with van der Waals surface area (Å²) in [5, 5.41) is 0.103. The summed E-state index contributed by atoms with van der Waals surface area (Å²) in [6.07, 6.45) is 1.11. The molecule has 22 heavy (non-hydrogen) atoms. The van der Waals surface area contributed by atoms with Gasteiger partial charge in [-0.05, 0) is 31.2 Å². The van der Waals surface area contributed by atoms with Gasteiger partial charge < -0.3 is 15.5 Å². The van der Waals surface area contributed by atoms with E-state index in [1.165, 1.54) is 12.1 Å². The van der Waals surface area contributed by atoms with Gasteiger partial charge in [0.2, 0.25) is 5.91 Å². The lowest BCUT2D eigenvalue weighted by atomic mass is 10.1. The maximum Gasteiger partial charge on any atom is 0.255 e. The van der Waals surface area contributed by atoms with Crippen LogP contribution in [0.4, 0.5) is 4.39 Å². The number of halogens is 2. The summed E-state index contributed by atoms with van der Waals surface area (Å²) in [7, 11) is 0. The Balaban J connectivity index is 1.93. The maximum absolute atomic E-state index is 13.0. The molecule has 0 saturated carbocycles. The van der Waals surface area contributed by atoms with Gasteiger partial charge >= 0.3 is 0 Å². The van der Waals surface area contributed by atoms with Crippen LogP contribution in [0.15, 0.2) is 18.2 Å². The summed E-state index contributed by atoms with van der Waals surface area (Å²) in [6, 6.07) is 3.73. The van der Waals surface area contributed by atoms with E-state index in [9.17, 15) is 14.0 Å². The van der Waals surface area contributed by atoms with Crippen LogP contribution in [-0.4, -0.2) is 54.3 Å². The van der Waals surface area contributed by atoms with E-state index in [1.54, 1.807) is 9.80 Å². The molecule has 0 aromatic heterocycles. The van der Waals surface area contributed by atoms with Gasteiger partial charge in [0.15, 0.2) is 0 Å². The zero-order valence-electron chi connectivity index (χ0n) is 12.2. The molecule has 0 unspecified atom stereocenters. The molecule has 0 aliphatic carbocycles. The summed E-state index contributed by atoms with van der Waals surface area (Å²) in [6.45, 7) is 2.37. The minimum Gasteiger partial charge on any atom is -0.339 e. The summed E-state index contributed by atoms with van der Waals surface area (Å²) in [5.41, 5.74) is 5.68. The Labute approximate surface area is 133 Å². The van der Waals surface area contributed by atoms with Gasteiger partial charge in [-0.25, -0.2) is 4.39 Å². The number of hydrogen-bond donors (Lipinski definition) is 1. The minimum absolute atomic E-state index is 0.0670. The van der Waals surface area contributed by atoms with Crippen LogP contribution in [-0.2, 0) is 4.79 Å². The number of nitrogens with zero attached hydrogens (tertiary/aromatic N) is 2. The number of benzene rings is 1. The van der Waals surface area contributed by atoms with Crippen molar-refractivity contribution in [3.8, 4) is 0 Å². The van der Waals surface area contributed by atoms with Crippen molar-refractivity contribution in [3.05, 3.63) is 34.6 Å². The highest BCUT2D eigenvalue weighted by molar-refractivity contribution is 6.33. The van der Waals surface area contributed by atoms with E-state index in [1.807, 2.05) is 0 Å². The molecule has 1 heterocycles. The summed E-state index contributed by atoms with van der Waals surface area (Å²) >= 11 is 5.92. The Kier molecular flexibility index (Phi) is 5.74. The van der Waals surface area contributed by atoms with Crippen molar-refractivity contribution in [2.24, 2.45) is 5.73 Å². The Bertz CT molecular complexity index is 560. The smallest absolute Gasteiger partial charge is 0.255 e. The second kappa shape index (κ2) is 7.56. The number of rotatable bonds is 4. The molecule has 120 valence electrons. The van der Waals surface area contributed by atoms with Crippen molar-refractivity contribution < 1.29 is 14.0 Å².